The molecule has 2 aromatic rings. The van der Waals surface area contributed by atoms with E-state index in [0.29, 0.717) is 12.2 Å². The molecule has 1 amide bonds. The Morgan fingerprint density at radius 2 is 1.85 bits per heavy atom. The molecule has 3 rings (SSSR count). The van der Waals surface area contributed by atoms with E-state index in [1.165, 1.54) is 5.56 Å². The van der Waals surface area contributed by atoms with Crippen molar-refractivity contribution < 1.29 is 27.9 Å². The lowest BCUT2D eigenvalue weighted by molar-refractivity contribution is -0.192. The quantitative estimate of drug-likeness (QED) is 0.660. The first kappa shape index (κ1) is 19.4. The van der Waals surface area contributed by atoms with Crippen LogP contribution < -0.4 is 10.6 Å². The minimum atomic E-state index is -5.08. The number of hydrogen-bond donors (Lipinski definition) is 4. The van der Waals surface area contributed by atoms with Gasteiger partial charge in [-0.25, -0.2) is 4.79 Å². The minimum Gasteiger partial charge on any atom is -0.475 e. The number of aromatic nitrogens is 2. The number of carbonyl (C=O) groups is 2. The molecule has 0 spiro atoms. The number of carboxylic acid groups (broad SMARTS) is 1. The second-order valence-electron chi connectivity index (χ2n) is 5.47. The van der Waals surface area contributed by atoms with Crippen molar-refractivity contribution in [1.29, 1.82) is 0 Å². The minimum absolute atomic E-state index is 0.00468. The summed E-state index contributed by atoms with van der Waals surface area (Å²) in [6.45, 7) is 1.56. The molecule has 0 radical (unpaired) electrons. The highest BCUT2D eigenvalue weighted by atomic mass is 19.4. The molecule has 0 saturated heterocycles. The van der Waals surface area contributed by atoms with Gasteiger partial charge in [0.25, 0.3) is 0 Å². The number of rotatable bonds is 4. The molecule has 1 aliphatic heterocycles. The van der Waals surface area contributed by atoms with Gasteiger partial charge in [-0.15, -0.1) is 0 Å². The molecule has 0 bridgehead atoms. The van der Waals surface area contributed by atoms with Crippen molar-refractivity contribution in [3.05, 3.63) is 47.2 Å². The van der Waals surface area contributed by atoms with Gasteiger partial charge in [0.2, 0.25) is 5.91 Å². The van der Waals surface area contributed by atoms with E-state index in [4.69, 9.17) is 9.90 Å². The molecule has 1 aromatic carbocycles. The molecule has 0 fully saturated rings. The highest BCUT2D eigenvalue weighted by molar-refractivity contribution is 5.90. The van der Waals surface area contributed by atoms with Crippen LogP contribution >= 0.6 is 0 Å². The van der Waals surface area contributed by atoms with Crippen molar-refractivity contribution in [3.8, 4) is 0 Å². The van der Waals surface area contributed by atoms with Crippen LogP contribution in [0.5, 0.6) is 0 Å². The molecule has 26 heavy (non-hydrogen) atoms. The standard InChI is InChI=1S/C14H16N4O.C2HF3O2/c19-13(7-6-10-4-2-1-3-5-10)16-14-11-8-15-9-12(11)17-18-14;3-2(4,5)1(6)7/h1-5,15H,6-9H2,(H2,16,17,18,19);(H,6,7). The van der Waals surface area contributed by atoms with Crippen molar-refractivity contribution in [3.63, 3.8) is 0 Å². The number of carboxylic acids is 1. The largest absolute Gasteiger partial charge is 0.490 e. The Kier molecular flexibility index (Phi) is 6.34. The van der Waals surface area contributed by atoms with Gasteiger partial charge < -0.3 is 15.7 Å². The topological polar surface area (TPSA) is 107 Å². The number of halogens is 3. The highest BCUT2D eigenvalue weighted by Crippen LogP contribution is 2.21. The van der Waals surface area contributed by atoms with Gasteiger partial charge >= 0.3 is 12.1 Å². The van der Waals surface area contributed by atoms with Gasteiger partial charge in [0.15, 0.2) is 5.82 Å². The fourth-order valence-electron chi connectivity index (χ4n) is 2.25. The van der Waals surface area contributed by atoms with Crippen molar-refractivity contribution in [2.75, 3.05) is 5.32 Å². The molecule has 1 aromatic heterocycles. The van der Waals surface area contributed by atoms with Crippen LogP contribution in [0.2, 0.25) is 0 Å². The number of nitrogens with one attached hydrogen (secondary N) is 3. The normalized spacial score (nSPS) is 12.7. The van der Waals surface area contributed by atoms with Crippen molar-refractivity contribution in [2.45, 2.75) is 32.1 Å². The first-order chi connectivity index (χ1) is 12.3. The molecule has 0 saturated carbocycles. The van der Waals surface area contributed by atoms with Gasteiger partial charge in [-0.2, -0.15) is 18.3 Å². The molecule has 4 N–H and O–H groups in total. The van der Waals surface area contributed by atoms with Gasteiger partial charge in [0.1, 0.15) is 0 Å². The Hall–Kier alpha value is -2.88. The zero-order chi connectivity index (χ0) is 19.2. The number of nitrogens with zero attached hydrogens (tertiary/aromatic N) is 1. The van der Waals surface area contributed by atoms with E-state index in [0.717, 1.165) is 30.8 Å². The number of hydrogen-bond acceptors (Lipinski definition) is 4. The van der Waals surface area contributed by atoms with Crippen LogP contribution in [0, 0.1) is 0 Å². The third-order valence-corrected chi connectivity index (χ3v) is 3.54. The molecule has 1 aliphatic rings. The molecule has 7 nitrogen and oxygen atoms in total. The summed E-state index contributed by atoms with van der Waals surface area (Å²) in [4.78, 5) is 20.8. The Bertz CT molecular complexity index is 760. The Morgan fingerprint density at radius 3 is 2.46 bits per heavy atom. The van der Waals surface area contributed by atoms with Gasteiger partial charge in [-0.1, -0.05) is 30.3 Å². The number of amides is 1. The van der Waals surface area contributed by atoms with Crippen LogP contribution in [0.4, 0.5) is 19.0 Å². The van der Waals surface area contributed by atoms with E-state index in [1.54, 1.807) is 0 Å². The Balaban J connectivity index is 0.000000298. The predicted molar refractivity (Wildman–Crippen MR) is 86.2 cm³/mol. The summed E-state index contributed by atoms with van der Waals surface area (Å²) >= 11 is 0. The van der Waals surface area contributed by atoms with E-state index in [2.05, 4.69) is 20.8 Å². The first-order valence-electron chi connectivity index (χ1n) is 7.68. The average Bonchev–Trinajstić information content (AvgIpc) is 3.19. The van der Waals surface area contributed by atoms with Crippen LogP contribution in [-0.2, 0) is 29.1 Å². The maximum absolute atomic E-state index is 11.9. The Morgan fingerprint density at radius 1 is 1.19 bits per heavy atom. The van der Waals surface area contributed by atoms with Gasteiger partial charge in [-0.05, 0) is 12.0 Å². The van der Waals surface area contributed by atoms with Crippen LogP contribution in [0.1, 0.15) is 23.2 Å². The van der Waals surface area contributed by atoms with Gasteiger partial charge in [0, 0.05) is 25.1 Å². The van der Waals surface area contributed by atoms with E-state index in [-0.39, 0.29) is 5.91 Å². The molecular formula is C16H17F3N4O3. The molecule has 0 atom stereocenters. The van der Waals surface area contributed by atoms with Crippen LogP contribution in [0.3, 0.4) is 0 Å². The second kappa shape index (κ2) is 8.48. The maximum atomic E-state index is 11.9. The van der Waals surface area contributed by atoms with Crippen LogP contribution in [0.15, 0.2) is 30.3 Å². The second-order valence-corrected chi connectivity index (χ2v) is 5.47. The third-order valence-electron chi connectivity index (χ3n) is 3.54. The van der Waals surface area contributed by atoms with Gasteiger partial charge in [0.05, 0.1) is 5.69 Å². The number of aromatic amines is 1. The van der Waals surface area contributed by atoms with Gasteiger partial charge in [-0.3, -0.25) is 9.89 Å². The fraction of sp³-hybridized carbons (Fsp3) is 0.312. The zero-order valence-corrected chi connectivity index (χ0v) is 13.6. The molecule has 2 heterocycles. The van der Waals surface area contributed by atoms with Crippen molar-refractivity contribution >= 4 is 17.7 Å². The number of aryl methyl sites for hydroxylation is 1. The number of fused-ring (bicyclic) bond motifs is 1. The third kappa shape index (κ3) is 5.59. The summed E-state index contributed by atoms with van der Waals surface area (Å²) in [5, 5.41) is 20.3. The van der Waals surface area contributed by atoms with Crippen molar-refractivity contribution in [2.24, 2.45) is 0 Å². The molecule has 0 unspecified atom stereocenters. The van der Waals surface area contributed by atoms with E-state index in [1.807, 2.05) is 30.3 Å². The van der Waals surface area contributed by atoms with Crippen LogP contribution in [0.25, 0.3) is 0 Å². The highest BCUT2D eigenvalue weighted by Gasteiger charge is 2.38. The lowest BCUT2D eigenvalue weighted by atomic mass is 10.1. The molecule has 140 valence electrons. The van der Waals surface area contributed by atoms with E-state index in [9.17, 15) is 18.0 Å². The molecular weight excluding hydrogens is 353 g/mol. The van der Waals surface area contributed by atoms with Crippen LogP contribution in [-0.4, -0.2) is 33.4 Å². The first-order valence-corrected chi connectivity index (χ1v) is 7.68. The van der Waals surface area contributed by atoms with E-state index >= 15 is 0 Å². The summed E-state index contributed by atoms with van der Waals surface area (Å²) in [7, 11) is 0. The average molecular weight is 370 g/mol. The summed E-state index contributed by atoms with van der Waals surface area (Å²) in [6, 6.07) is 10.0. The lowest BCUT2D eigenvalue weighted by Gasteiger charge is -2.04. The molecule has 0 aliphatic carbocycles. The number of aliphatic carboxylic acids is 1. The predicted octanol–water partition coefficient (Wildman–Crippen LogP) is 2.22. The number of alkyl halides is 3. The summed E-state index contributed by atoms with van der Waals surface area (Å²) in [5.41, 5.74) is 3.32. The number of benzene rings is 1. The number of carbonyl (C=O) groups excluding carboxylic acids is 1. The lowest BCUT2D eigenvalue weighted by Crippen LogP contribution is -2.21. The maximum Gasteiger partial charge on any atom is 0.490 e. The Labute approximate surface area is 146 Å². The summed E-state index contributed by atoms with van der Waals surface area (Å²) in [6.07, 6.45) is -3.86. The van der Waals surface area contributed by atoms with E-state index < -0.39 is 12.1 Å². The smallest absolute Gasteiger partial charge is 0.475 e. The SMILES string of the molecule is O=C(CCc1ccccc1)Nc1n[nH]c2c1CNC2.O=C(O)C(F)(F)F. The molecule has 10 heteroatoms. The monoisotopic (exact) mass is 370 g/mol. The fourth-order valence-corrected chi connectivity index (χ4v) is 2.25. The number of H-pyrrole nitrogens is 1. The summed E-state index contributed by atoms with van der Waals surface area (Å²) in [5.74, 6) is -2.09. The zero-order valence-electron chi connectivity index (χ0n) is 13.6. The van der Waals surface area contributed by atoms with Crippen molar-refractivity contribution in [1.82, 2.24) is 15.5 Å². The summed E-state index contributed by atoms with van der Waals surface area (Å²) < 4.78 is 31.7. The number of anilines is 1.